The van der Waals surface area contributed by atoms with E-state index in [0.717, 1.165) is 9.88 Å². The molecule has 0 spiro atoms. The lowest BCUT2D eigenvalue weighted by Crippen LogP contribution is -2.12. The zero-order valence-electron chi connectivity index (χ0n) is 12.7. The van der Waals surface area contributed by atoms with Gasteiger partial charge in [-0.25, -0.2) is 9.37 Å². The van der Waals surface area contributed by atoms with Crippen LogP contribution in [0.25, 0.3) is 9.88 Å². The highest BCUT2D eigenvalue weighted by atomic mass is 35.5. The Morgan fingerprint density at radius 3 is 2.75 bits per heavy atom. The minimum absolute atomic E-state index is 0.260. The Labute approximate surface area is 150 Å². The fourth-order valence-corrected chi connectivity index (χ4v) is 4.15. The summed E-state index contributed by atoms with van der Waals surface area (Å²) in [7, 11) is 1.42. The molecule has 8 heteroatoms. The van der Waals surface area contributed by atoms with Crippen molar-refractivity contribution in [1.29, 1.82) is 0 Å². The Morgan fingerprint density at radius 2 is 2.08 bits per heavy atom. The van der Waals surface area contributed by atoms with E-state index < -0.39 is 5.82 Å². The molecule has 0 aliphatic carbocycles. The maximum Gasteiger partial charge on any atom is 0.267 e. The summed E-state index contributed by atoms with van der Waals surface area (Å²) in [6.45, 7) is 1.77. The molecule has 0 saturated carbocycles. The average molecular weight is 383 g/mol. The van der Waals surface area contributed by atoms with Crippen LogP contribution < -0.4 is 10.1 Å². The van der Waals surface area contributed by atoms with Crippen LogP contribution in [-0.2, 0) is 0 Å². The molecule has 0 fully saturated rings. The second-order valence-electron chi connectivity index (χ2n) is 4.84. The summed E-state index contributed by atoms with van der Waals surface area (Å²) < 4.78 is 19.0. The quantitative estimate of drug-likeness (QED) is 0.671. The fraction of sp³-hybridized carbons (Fsp3) is 0.125. The third-order valence-electron chi connectivity index (χ3n) is 3.20. The van der Waals surface area contributed by atoms with Crippen LogP contribution in [-0.4, -0.2) is 18.0 Å². The number of rotatable bonds is 4. The van der Waals surface area contributed by atoms with Crippen LogP contribution in [0, 0.1) is 12.7 Å². The number of anilines is 1. The largest absolute Gasteiger partial charge is 0.494 e. The molecule has 2 heterocycles. The van der Waals surface area contributed by atoms with Crippen LogP contribution in [0.1, 0.15) is 15.4 Å². The van der Waals surface area contributed by atoms with Gasteiger partial charge in [-0.2, -0.15) is 0 Å². The van der Waals surface area contributed by atoms with E-state index in [9.17, 15) is 9.18 Å². The van der Waals surface area contributed by atoms with Gasteiger partial charge < -0.3 is 10.1 Å². The van der Waals surface area contributed by atoms with Gasteiger partial charge in [-0.1, -0.05) is 11.6 Å². The number of thiophene rings is 1. The number of halogens is 2. The number of aromatic nitrogens is 1. The molecule has 0 atom stereocenters. The second-order valence-corrected chi connectivity index (χ2v) is 7.55. The standard InChI is InChI=1S/C16H12ClFN2O2S2/c1-8-14(24-16(19-8)12-5-6-13(17)23-12)15(21)20-10-4-3-9(18)7-11(10)22-2/h3-7H,1-2H3,(H,20,21). The van der Waals surface area contributed by atoms with Crippen molar-refractivity contribution in [3.05, 3.63) is 51.1 Å². The summed E-state index contributed by atoms with van der Waals surface area (Å²) in [4.78, 5) is 18.4. The maximum atomic E-state index is 13.2. The molecule has 3 rings (SSSR count). The number of carbonyl (C=O) groups excluding carboxylic acids is 1. The lowest BCUT2D eigenvalue weighted by atomic mass is 10.2. The van der Waals surface area contributed by atoms with Crippen LogP contribution in [0.15, 0.2) is 30.3 Å². The van der Waals surface area contributed by atoms with E-state index in [0.29, 0.717) is 20.6 Å². The Morgan fingerprint density at radius 1 is 1.29 bits per heavy atom. The molecule has 124 valence electrons. The molecule has 1 N–H and O–H groups in total. The van der Waals surface area contributed by atoms with Gasteiger partial charge in [0.15, 0.2) is 0 Å². The van der Waals surface area contributed by atoms with E-state index in [1.54, 1.807) is 13.0 Å². The first-order valence-corrected chi connectivity index (χ1v) is 8.87. The van der Waals surface area contributed by atoms with Crippen LogP contribution in [0.5, 0.6) is 5.75 Å². The summed E-state index contributed by atoms with van der Waals surface area (Å²) in [5, 5.41) is 3.47. The molecular formula is C16H12ClFN2O2S2. The van der Waals surface area contributed by atoms with E-state index in [1.165, 1.54) is 48.0 Å². The summed E-state index contributed by atoms with van der Waals surface area (Å²) >= 11 is 8.63. The molecule has 3 aromatic rings. The molecular weight excluding hydrogens is 371 g/mol. The SMILES string of the molecule is COc1cc(F)ccc1NC(=O)c1sc(-c2ccc(Cl)s2)nc1C. The molecule has 0 unspecified atom stereocenters. The van der Waals surface area contributed by atoms with Gasteiger partial charge in [0.1, 0.15) is 21.5 Å². The minimum atomic E-state index is -0.435. The first kappa shape index (κ1) is 16.9. The van der Waals surface area contributed by atoms with Crippen molar-refractivity contribution in [2.75, 3.05) is 12.4 Å². The van der Waals surface area contributed by atoms with E-state index in [1.807, 2.05) is 6.07 Å². The topological polar surface area (TPSA) is 51.2 Å². The molecule has 0 aliphatic rings. The third-order valence-corrected chi connectivity index (χ3v) is 5.76. The zero-order valence-corrected chi connectivity index (χ0v) is 15.1. The van der Waals surface area contributed by atoms with Gasteiger partial charge >= 0.3 is 0 Å². The van der Waals surface area contributed by atoms with Crippen molar-refractivity contribution in [2.24, 2.45) is 0 Å². The van der Waals surface area contributed by atoms with Crippen molar-refractivity contribution in [1.82, 2.24) is 4.98 Å². The lowest BCUT2D eigenvalue weighted by molar-refractivity contribution is 0.102. The van der Waals surface area contributed by atoms with Crippen molar-refractivity contribution in [3.8, 4) is 15.6 Å². The van der Waals surface area contributed by atoms with Gasteiger partial charge in [0.2, 0.25) is 0 Å². The number of hydrogen-bond acceptors (Lipinski definition) is 5. The van der Waals surface area contributed by atoms with Crippen molar-refractivity contribution in [3.63, 3.8) is 0 Å². The molecule has 4 nitrogen and oxygen atoms in total. The number of benzene rings is 1. The molecule has 0 aliphatic heterocycles. The van der Waals surface area contributed by atoms with Crippen LogP contribution >= 0.6 is 34.3 Å². The number of hydrogen-bond donors (Lipinski definition) is 1. The number of nitrogens with zero attached hydrogens (tertiary/aromatic N) is 1. The average Bonchev–Trinajstić information content (AvgIpc) is 3.14. The molecule has 1 aromatic carbocycles. The number of methoxy groups -OCH3 is 1. The molecule has 1 amide bonds. The zero-order chi connectivity index (χ0) is 17.3. The monoisotopic (exact) mass is 382 g/mol. The van der Waals surface area contributed by atoms with E-state index >= 15 is 0 Å². The van der Waals surface area contributed by atoms with Gasteiger partial charge in [-0.05, 0) is 31.2 Å². The minimum Gasteiger partial charge on any atom is -0.494 e. The van der Waals surface area contributed by atoms with Crippen LogP contribution in [0.2, 0.25) is 4.34 Å². The molecule has 0 bridgehead atoms. The first-order valence-electron chi connectivity index (χ1n) is 6.86. The van der Waals surface area contributed by atoms with Gasteiger partial charge in [0.05, 0.1) is 27.7 Å². The molecule has 0 radical (unpaired) electrons. The number of nitrogens with one attached hydrogen (secondary N) is 1. The van der Waals surface area contributed by atoms with Crippen molar-refractivity contribution >= 4 is 45.9 Å². The molecule has 2 aromatic heterocycles. The first-order chi connectivity index (χ1) is 11.5. The summed E-state index contributed by atoms with van der Waals surface area (Å²) in [5.74, 6) is -0.490. The Hall–Kier alpha value is -1.96. The fourth-order valence-electron chi connectivity index (χ4n) is 2.09. The number of amides is 1. The van der Waals surface area contributed by atoms with Gasteiger partial charge in [-0.15, -0.1) is 22.7 Å². The normalized spacial score (nSPS) is 10.7. The lowest BCUT2D eigenvalue weighted by Gasteiger charge is -2.09. The number of carbonyl (C=O) groups is 1. The van der Waals surface area contributed by atoms with Crippen LogP contribution in [0.4, 0.5) is 10.1 Å². The number of aryl methyl sites for hydroxylation is 1. The van der Waals surface area contributed by atoms with Crippen molar-refractivity contribution in [2.45, 2.75) is 6.92 Å². The predicted molar refractivity (Wildman–Crippen MR) is 96.1 cm³/mol. The summed E-state index contributed by atoms with van der Waals surface area (Å²) in [5.41, 5.74) is 1.02. The van der Waals surface area contributed by atoms with Crippen molar-refractivity contribution < 1.29 is 13.9 Å². The highest BCUT2D eigenvalue weighted by Crippen LogP contribution is 2.35. The van der Waals surface area contributed by atoms with Crippen LogP contribution in [0.3, 0.4) is 0 Å². The number of ether oxygens (including phenoxy) is 1. The Bertz CT molecular complexity index is 907. The van der Waals surface area contributed by atoms with E-state index in [-0.39, 0.29) is 11.7 Å². The number of thiazole rings is 1. The smallest absolute Gasteiger partial charge is 0.267 e. The van der Waals surface area contributed by atoms with E-state index in [4.69, 9.17) is 16.3 Å². The Balaban J connectivity index is 1.87. The van der Waals surface area contributed by atoms with Gasteiger partial charge in [-0.3, -0.25) is 4.79 Å². The van der Waals surface area contributed by atoms with Gasteiger partial charge in [0.25, 0.3) is 5.91 Å². The Kier molecular flexibility index (Phi) is 4.84. The second kappa shape index (κ2) is 6.88. The predicted octanol–water partition coefficient (Wildman–Crippen LogP) is 5.23. The van der Waals surface area contributed by atoms with Gasteiger partial charge in [0, 0.05) is 6.07 Å². The highest BCUT2D eigenvalue weighted by Gasteiger charge is 2.18. The molecule has 24 heavy (non-hydrogen) atoms. The highest BCUT2D eigenvalue weighted by molar-refractivity contribution is 7.24. The third kappa shape index (κ3) is 3.43. The summed E-state index contributed by atoms with van der Waals surface area (Å²) in [6, 6.07) is 7.60. The van der Waals surface area contributed by atoms with E-state index in [2.05, 4.69) is 10.3 Å². The summed E-state index contributed by atoms with van der Waals surface area (Å²) in [6.07, 6.45) is 0. The molecule has 0 saturated heterocycles. The maximum absolute atomic E-state index is 13.2.